The first kappa shape index (κ1) is 18.9. The van der Waals surface area contributed by atoms with E-state index in [4.69, 9.17) is 4.74 Å². The number of carbonyl (C=O) groups is 1. The van der Waals surface area contributed by atoms with Crippen molar-refractivity contribution in [3.63, 3.8) is 0 Å². The third kappa shape index (κ3) is 3.48. The summed E-state index contributed by atoms with van der Waals surface area (Å²) in [5.74, 6) is -1.76. The number of urea groups is 1. The van der Waals surface area contributed by atoms with Gasteiger partial charge >= 0.3 is 6.03 Å². The first-order valence-corrected chi connectivity index (χ1v) is 9.63. The molecule has 1 aromatic carbocycles. The predicted molar refractivity (Wildman–Crippen MR) is 98.8 cm³/mol. The van der Waals surface area contributed by atoms with Gasteiger partial charge in [-0.15, -0.1) is 0 Å². The van der Waals surface area contributed by atoms with Crippen molar-refractivity contribution < 1.29 is 18.3 Å². The van der Waals surface area contributed by atoms with Gasteiger partial charge in [0.25, 0.3) is 0 Å². The Bertz CT molecular complexity index is 883. The summed E-state index contributed by atoms with van der Waals surface area (Å²) in [5, 5.41) is 10.1. The summed E-state index contributed by atoms with van der Waals surface area (Å²) in [5.41, 5.74) is 1.91. The van der Waals surface area contributed by atoms with E-state index < -0.39 is 23.7 Å². The summed E-state index contributed by atoms with van der Waals surface area (Å²) in [6.45, 7) is 4.61. The molecular weight excluding hydrogens is 366 g/mol. The third-order valence-electron chi connectivity index (χ3n) is 5.47. The highest BCUT2D eigenvalue weighted by Crippen LogP contribution is 2.34. The highest BCUT2D eigenvalue weighted by molar-refractivity contribution is 5.75. The Hall–Kier alpha value is -2.48. The van der Waals surface area contributed by atoms with Gasteiger partial charge in [0.15, 0.2) is 11.6 Å². The summed E-state index contributed by atoms with van der Waals surface area (Å²) in [6.07, 6.45) is 5.25. The summed E-state index contributed by atoms with van der Waals surface area (Å²) < 4.78 is 35.4. The fourth-order valence-corrected chi connectivity index (χ4v) is 4.01. The van der Waals surface area contributed by atoms with Crippen molar-refractivity contribution in [3.05, 3.63) is 52.9 Å². The number of rotatable bonds is 4. The van der Waals surface area contributed by atoms with Gasteiger partial charge < -0.3 is 15.4 Å². The lowest BCUT2D eigenvalue weighted by molar-refractivity contribution is 0.0997. The van der Waals surface area contributed by atoms with Crippen molar-refractivity contribution in [1.82, 2.24) is 20.4 Å². The molecule has 3 atom stereocenters. The number of fused-ring (bicyclic) bond motifs is 1. The Morgan fingerprint density at radius 1 is 1.29 bits per heavy atom. The van der Waals surface area contributed by atoms with Crippen molar-refractivity contribution in [2.75, 3.05) is 6.61 Å². The number of hydrogen-bond acceptors (Lipinski definition) is 3. The van der Waals surface area contributed by atoms with E-state index in [1.807, 2.05) is 24.7 Å². The molecule has 1 saturated heterocycles. The molecule has 4 rings (SSSR count). The van der Waals surface area contributed by atoms with Crippen LogP contribution in [0.25, 0.3) is 0 Å². The van der Waals surface area contributed by atoms with Crippen LogP contribution >= 0.6 is 0 Å². The molecule has 1 unspecified atom stereocenters. The number of benzene rings is 1. The molecule has 2 amide bonds. The van der Waals surface area contributed by atoms with Crippen LogP contribution in [-0.2, 0) is 11.2 Å². The van der Waals surface area contributed by atoms with E-state index in [0.29, 0.717) is 25.9 Å². The number of halogens is 2. The second-order valence-electron chi connectivity index (χ2n) is 7.68. The van der Waals surface area contributed by atoms with Crippen molar-refractivity contribution in [2.24, 2.45) is 0 Å². The van der Waals surface area contributed by atoms with Crippen LogP contribution in [0.3, 0.4) is 0 Å². The zero-order valence-electron chi connectivity index (χ0n) is 15.9. The molecule has 28 heavy (non-hydrogen) atoms. The molecular formula is C20H24F2N4O2. The second-order valence-corrected chi connectivity index (χ2v) is 7.68. The first-order chi connectivity index (χ1) is 13.4. The molecule has 6 nitrogen and oxygen atoms in total. The highest BCUT2D eigenvalue weighted by Gasteiger charge is 2.34. The topological polar surface area (TPSA) is 68.2 Å². The molecule has 2 N–H and O–H groups in total. The molecule has 0 saturated carbocycles. The molecule has 0 radical (unpaired) electrons. The number of aromatic nitrogens is 2. The number of hydrogen-bond donors (Lipinski definition) is 2. The summed E-state index contributed by atoms with van der Waals surface area (Å²) >= 11 is 0. The fourth-order valence-electron chi connectivity index (χ4n) is 4.01. The van der Waals surface area contributed by atoms with Crippen molar-refractivity contribution >= 4 is 6.03 Å². The molecule has 1 aromatic heterocycles. The summed E-state index contributed by atoms with van der Waals surface area (Å²) in [4.78, 5) is 12.5. The lowest BCUT2D eigenvalue weighted by atomic mass is 10.1. The van der Waals surface area contributed by atoms with Crippen molar-refractivity contribution in [3.8, 4) is 0 Å². The van der Waals surface area contributed by atoms with E-state index >= 15 is 0 Å². The van der Waals surface area contributed by atoms with E-state index in [-0.39, 0.29) is 23.8 Å². The van der Waals surface area contributed by atoms with Gasteiger partial charge in [-0.25, -0.2) is 13.6 Å². The van der Waals surface area contributed by atoms with Crippen LogP contribution in [-0.4, -0.2) is 28.5 Å². The quantitative estimate of drug-likeness (QED) is 0.839. The SMILES string of the molecule is CC(C)n1cc([C@@H]2OCC[C@H]2NC(=O)NC2CCc3ccc(F)c(F)c32)cn1. The van der Waals surface area contributed by atoms with Gasteiger partial charge in [-0.05, 0) is 44.7 Å². The van der Waals surface area contributed by atoms with E-state index in [1.54, 1.807) is 12.3 Å². The molecule has 8 heteroatoms. The maximum Gasteiger partial charge on any atom is 0.315 e. The standard InChI is InChI=1S/C20H24F2N4O2/c1-11(2)26-10-13(9-23-26)19-16(7-8-28-19)25-20(27)24-15-6-4-12-3-5-14(21)18(22)17(12)15/h3,5,9-11,15-16,19H,4,6-8H2,1-2H3,(H2,24,25,27)/t15?,16-,19+/m1/s1. The van der Waals surface area contributed by atoms with Crippen LogP contribution < -0.4 is 10.6 Å². The average molecular weight is 390 g/mol. The fraction of sp³-hybridized carbons (Fsp3) is 0.500. The van der Waals surface area contributed by atoms with Crippen LogP contribution in [0.5, 0.6) is 0 Å². The molecule has 2 aromatic rings. The number of amides is 2. The van der Waals surface area contributed by atoms with Gasteiger partial charge in [-0.1, -0.05) is 6.07 Å². The minimum absolute atomic E-state index is 0.206. The predicted octanol–water partition coefficient (Wildman–Crippen LogP) is 3.56. The minimum atomic E-state index is -0.890. The Kier molecular flexibility index (Phi) is 5.05. The van der Waals surface area contributed by atoms with Gasteiger partial charge in [0.1, 0.15) is 6.10 Å². The van der Waals surface area contributed by atoms with Crippen LogP contribution in [0.15, 0.2) is 24.5 Å². The molecule has 0 bridgehead atoms. The monoisotopic (exact) mass is 390 g/mol. The minimum Gasteiger partial charge on any atom is -0.371 e. The zero-order valence-corrected chi connectivity index (χ0v) is 15.9. The Balaban J connectivity index is 1.42. The van der Waals surface area contributed by atoms with Gasteiger partial charge in [0.05, 0.1) is 18.3 Å². The average Bonchev–Trinajstić information content (AvgIpc) is 3.37. The van der Waals surface area contributed by atoms with Gasteiger partial charge in [0, 0.05) is 30.0 Å². The Labute approximate surface area is 162 Å². The van der Waals surface area contributed by atoms with Crippen LogP contribution in [0.2, 0.25) is 0 Å². The van der Waals surface area contributed by atoms with E-state index in [2.05, 4.69) is 15.7 Å². The number of nitrogens with zero attached hydrogens (tertiary/aromatic N) is 2. The number of ether oxygens (including phenoxy) is 1. The van der Waals surface area contributed by atoms with Crippen molar-refractivity contribution in [1.29, 1.82) is 0 Å². The number of aryl methyl sites for hydroxylation is 1. The van der Waals surface area contributed by atoms with Crippen LogP contribution in [0.4, 0.5) is 13.6 Å². The smallest absolute Gasteiger partial charge is 0.315 e. The van der Waals surface area contributed by atoms with Gasteiger partial charge in [-0.2, -0.15) is 5.10 Å². The van der Waals surface area contributed by atoms with Gasteiger partial charge in [-0.3, -0.25) is 4.68 Å². The normalized spacial score (nSPS) is 23.8. The first-order valence-electron chi connectivity index (χ1n) is 9.63. The molecule has 2 heterocycles. The maximum atomic E-state index is 14.2. The zero-order chi connectivity index (χ0) is 19.8. The van der Waals surface area contributed by atoms with Gasteiger partial charge in [0.2, 0.25) is 0 Å². The highest BCUT2D eigenvalue weighted by atomic mass is 19.2. The number of nitrogens with one attached hydrogen (secondary N) is 2. The summed E-state index contributed by atoms with van der Waals surface area (Å²) in [6, 6.07) is 1.81. The second kappa shape index (κ2) is 7.50. The Morgan fingerprint density at radius 2 is 2.11 bits per heavy atom. The Morgan fingerprint density at radius 3 is 2.86 bits per heavy atom. The molecule has 1 aliphatic heterocycles. The lowest BCUT2D eigenvalue weighted by Crippen LogP contribution is -2.44. The summed E-state index contributed by atoms with van der Waals surface area (Å²) in [7, 11) is 0. The van der Waals surface area contributed by atoms with E-state index in [1.165, 1.54) is 0 Å². The molecule has 1 fully saturated rings. The van der Waals surface area contributed by atoms with Crippen LogP contribution in [0, 0.1) is 11.6 Å². The van der Waals surface area contributed by atoms with Crippen molar-refractivity contribution in [2.45, 2.75) is 57.3 Å². The number of carbonyl (C=O) groups excluding carboxylic acids is 1. The molecule has 0 spiro atoms. The molecule has 2 aliphatic rings. The van der Waals surface area contributed by atoms with Crippen LogP contribution in [0.1, 0.15) is 61.6 Å². The molecule has 1 aliphatic carbocycles. The lowest BCUT2D eigenvalue weighted by Gasteiger charge is -2.21. The van der Waals surface area contributed by atoms with E-state index in [0.717, 1.165) is 17.2 Å². The maximum absolute atomic E-state index is 14.2. The molecule has 150 valence electrons. The third-order valence-corrected chi connectivity index (χ3v) is 5.47. The van der Waals surface area contributed by atoms with E-state index in [9.17, 15) is 13.6 Å². The largest absolute Gasteiger partial charge is 0.371 e.